The number of thiophene rings is 1. The number of likely N-dealkylation sites (tertiary alicyclic amines) is 1. The predicted octanol–water partition coefficient (Wildman–Crippen LogP) is 2.01. The minimum atomic E-state index is 0.0297. The molecule has 22 heavy (non-hydrogen) atoms. The van der Waals surface area contributed by atoms with E-state index in [1.165, 1.54) is 5.56 Å². The fraction of sp³-hybridized carbons (Fsp3) is 0.533. The molecule has 2 amide bonds. The van der Waals surface area contributed by atoms with Crippen molar-refractivity contribution in [1.29, 1.82) is 0 Å². The summed E-state index contributed by atoms with van der Waals surface area (Å²) in [5.74, 6) is 1.25. The number of rotatable bonds is 4. The zero-order valence-electron chi connectivity index (χ0n) is 12.7. The van der Waals surface area contributed by atoms with Crippen molar-refractivity contribution in [3.63, 3.8) is 0 Å². The first-order valence-corrected chi connectivity index (χ1v) is 8.56. The minimum absolute atomic E-state index is 0.0297. The summed E-state index contributed by atoms with van der Waals surface area (Å²) in [5, 5.41) is 15.3. The highest BCUT2D eigenvalue weighted by Gasteiger charge is 2.27. The Morgan fingerprint density at radius 1 is 1.55 bits per heavy atom. The van der Waals surface area contributed by atoms with Gasteiger partial charge in [0.15, 0.2) is 0 Å². The molecule has 7 heteroatoms. The first-order chi connectivity index (χ1) is 10.7. The van der Waals surface area contributed by atoms with Crippen LogP contribution in [0, 0.1) is 0 Å². The Bertz CT molecular complexity index is 609. The van der Waals surface area contributed by atoms with E-state index >= 15 is 0 Å². The number of nitrogens with one attached hydrogen (secondary N) is 1. The number of aromatic nitrogens is 3. The molecular formula is C15H21N5OS. The maximum Gasteiger partial charge on any atom is 0.317 e. The van der Waals surface area contributed by atoms with Crippen molar-refractivity contribution in [2.24, 2.45) is 7.05 Å². The van der Waals surface area contributed by atoms with Crippen LogP contribution >= 0.6 is 11.3 Å². The van der Waals surface area contributed by atoms with E-state index in [2.05, 4.69) is 32.3 Å². The zero-order valence-corrected chi connectivity index (χ0v) is 13.6. The Morgan fingerprint density at radius 2 is 2.45 bits per heavy atom. The Labute approximate surface area is 134 Å². The summed E-state index contributed by atoms with van der Waals surface area (Å²) in [7, 11) is 1.95. The van der Waals surface area contributed by atoms with Crippen LogP contribution in [0.5, 0.6) is 0 Å². The van der Waals surface area contributed by atoms with Gasteiger partial charge in [-0.25, -0.2) is 4.79 Å². The van der Waals surface area contributed by atoms with Crippen LogP contribution in [-0.4, -0.2) is 45.3 Å². The highest BCUT2D eigenvalue weighted by Crippen LogP contribution is 2.24. The number of urea groups is 1. The fourth-order valence-electron chi connectivity index (χ4n) is 2.89. The number of hydrogen-bond donors (Lipinski definition) is 1. The summed E-state index contributed by atoms with van der Waals surface area (Å²) in [6.45, 7) is 2.22. The molecule has 0 aromatic carbocycles. The molecule has 1 fully saturated rings. The third-order valence-electron chi connectivity index (χ3n) is 4.09. The number of aryl methyl sites for hydroxylation is 1. The third kappa shape index (κ3) is 3.47. The van der Waals surface area contributed by atoms with E-state index in [-0.39, 0.29) is 11.9 Å². The number of hydrogen-bond acceptors (Lipinski definition) is 4. The molecule has 3 heterocycles. The summed E-state index contributed by atoms with van der Waals surface area (Å²) in [4.78, 5) is 14.2. The van der Waals surface area contributed by atoms with E-state index in [0.29, 0.717) is 6.54 Å². The number of carbonyl (C=O) groups excluding carboxylic acids is 1. The number of nitrogens with zero attached hydrogens (tertiary/aromatic N) is 4. The molecule has 0 saturated carbocycles. The predicted molar refractivity (Wildman–Crippen MR) is 86.0 cm³/mol. The van der Waals surface area contributed by atoms with Crippen LogP contribution < -0.4 is 5.32 Å². The Hall–Kier alpha value is -1.89. The van der Waals surface area contributed by atoms with Crippen molar-refractivity contribution in [3.05, 3.63) is 34.5 Å². The fourth-order valence-corrected chi connectivity index (χ4v) is 3.60. The minimum Gasteiger partial charge on any atom is -0.338 e. The van der Waals surface area contributed by atoms with Crippen molar-refractivity contribution in [3.8, 4) is 0 Å². The molecule has 1 atom stereocenters. The second kappa shape index (κ2) is 6.91. The lowest BCUT2D eigenvalue weighted by molar-refractivity contribution is 0.178. The largest absolute Gasteiger partial charge is 0.338 e. The van der Waals surface area contributed by atoms with Gasteiger partial charge in [-0.2, -0.15) is 11.3 Å². The average molecular weight is 319 g/mol. The average Bonchev–Trinajstić information content (AvgIpc) is 3.19. The van der Waals surface area contributed by atoms with Gasteiger partial charge in [0, 0.05) is 32.6 Å². The molecule has 0 bridgehead atoms. The lowest BCUT2D eigenvalue weighted by Crippen LogP contribution is -2.45. The highest BCUT2D eigenvalue weighted by atomic mass is 32.1. The number of amides is 2. The zero-order chi connectivity index (χ0) is 15.4. The Kier molecular flexibility index (Phi) is 4.72. The van der Waals surface area contributed by atoms with Gasteiger partial charge < -0.3 is 14.8 Å². The molecule has 1 aliphatic heterocycles. The van der Waals surface area contributed by atoms with Gasteiger partial charge in [-0.15, -0.1) is 10.2 Å². The molecule has 0 aliphatic carbocycles. The smallest absolute Gasteiger partial charge is 0.317 e. The summed E-state index contributed by atoms with van der Waals surface area (Å²) >= 11 is 1.69. The van der Waals surface area contributed by atoms with Gasteiger partial charge in [-0.05, 0) is 41.7 Å². The van der Waals surface area contributed by atoms with Crippen LogP contribution in [0.1, 0.15) is 30.1 Å². The Morgan fingerprint density at radius 3 is 3.18 bits per heavy atom. The molecule has 1 aliphatic rings. The summed E-state index contributed by atoms with van der Waals surface area (Å²) in [6, 6.07) is 2.13. The van der Waals surface area contributed by atoms with E-state index in [9.17, 15) is 4.79 Å². The standard InChI is InChI=1S/C15H21N5OS/c1-19-11-17-18-14(19)13-3-2-7-20(9-13)15(21)16-6-4-12-5-8-22-10-12/h5,8,10-11,13H,2-4,6-7,9H2,1H3,(H,16,21)/t13-/m1/s1. The lowest BCUT2D eigenvalue weighted by Gasteiger charge is -2.32. The Balaban J connectivity index is 1.51. The van der Waals surface area contributed by atoms with Crippen LogP contribution in [0.15, 0.2) is 23.2 Å². The molecule has 1 saturated heterocycles. The third-order valence-corrected chi connectivity index (χ3v) is 4.82. The first kappa shape index (κ1) is 15.0. The highest BCUT2D eigenvalue weighted by molar-refractivity contribution is 7.07. The number of carbonyl (C=O) groups is 1. The normalized spacial score (nSPS) is 18.4. The van der Waals surface area contributed by atoms with Gasteiger partial charge >= 0.3 is 6.03 Å². The molecular weight excluding hydrogens is 298 g/mol. The maximum absolute atomic E-state index is 12.3. The van der Waals surface area contributed by atoms with Gasteiger partial charge in [0.25, 0.3) is 0 Å². The van der Waals surface area contributed by atoms with E-state index in [0.717, 1.165) is 38.2 Å². The van der Waals surface area contributed by atoms with Crippen LogP contribution in [0.3, 0.4) is 0 Å². The molecule has 3 rings (SSSR count). The van der Waals surface area contributed by atoms with Crippen LogP contribution in [-0.2, 0) is 13.5 Å². The van der Waals surface area contributed by atoms with Crippen molar-refractivity contribution >= 4 is 17.4 Å². The van der Waals surface area contributed by atoms with Crippen LogP contribution in [0.25, 0.3) is 0 Å². The monoisotopic (exact) mass is 319 g/mol. The first-order valence-electron chi connectivity index (χ1n) is 7.62. The molecule has 1 N–H and O–H groups in total. The summed E-state index contributed by atoms with van der Waals surface area (Å²) in [6.07, 6.45) is 4.67. The van der Waals surface area contributed by atoms with Crippen molar-refractivity contribution in [2.45, 2.75) is 25.2 Å². The van der Waals surface area contributed by atoms with E-state index < -0.39 is 0 Å². The molecule has 0 spiro atoms. The number of piperidine rings is 1. The second-order valence-electron chi connectivity index (χ2n) is 5.70. The molecule has 2 aromatic rings. The summed E-state index contributed by atoms with van der Waals surface area (Å²) in [5.41, 5.74) is 1.28. The lowest BCUT2D eigenvalue weighted by atomic mass is 9.97. The molecule has 118 valence electrons. The van der Waals surface area contributed by atoms with Gasteiger partial charge in [-0.3, -0.25) is 0 Å². The van der Waals surface area contributed by atoms with Crippen molar-refractivity contribution in [1.82, 2.24) is 25.0 Å². The van der Waals surface area contributed by atoms with Gasteiger partial charge in [0.2, 0.25) is 0 Å². The maximum atomic E-state index is 12.3. The van der Waals surface area contributed by atoms with Gasteiger partial charge in [0.05, 0.1) is 0 Å². The topological polar surface area (TPSA) is 63.1 Å². The van der Waals surface area contributed by atoms with Crippen LogP contribution in [0.2, 0.25) is 0 Å². The van der Waals surface area contributed by atoms with Crippen molar-refractivity contribution < 1.29 is 4.79 Å². The van der Waals surface area contributed by atoms with E-state index in [4.69, 9.17) is 0 Å². The summed E-state index contributed by atoms with van der Waals surface area (Å²) < 4.78 is 1.95. The van der Waals surface area contributed by atoms with Crippen molar-refractivity contribution in [2.75, 3.05) is 19.6 Å². The van der Waals surface area contributed by atoms with Crippen LogP contribution in [0.4, 0.5) is 4.79 Å². The van der Waals surface area contributed by atoms with Gasteiger partial charge in [0.1, 0.15) is 12.2 Å². The quantitative estimate of drug-likeness (QED) is 0.937. The molecule has 2 aromatic heterocycles. The second-order valence-corrected chi connectivity index (χ2v) is 6.48. The SMILES string of the molecule is Cn1cnnc1[C@@H]1CCCN(C(=O)NCCc2ccsc2)C1. The van der Waals surface area contributed by atoms with E-state index in [1.807, 2.05) is 16.5 Å². The molecule has 0 radical (unpaired) electrons. The van der Waals surface area contributed by atoms with E-state index in [1.54, 1.807) is 17.7 Å². The molecule has 0 unspecified atom stereocenters. The molecule has 6 nitrogen and oxygen atoms in total. The van der Waals surface area contributed by atoms with Gasteiger partial charge in [-0.1, -0.05) is 0 Å².